The molecule has 8 heteroatoms. The fraction of sp³-hybridized carbons (Fsp3) is 0.143. The van der Waals surface area contributed by atoms with Crippen molar-refractivity contribution in [2.45, 2.75) is 34.0 Å². The first kappa shape index (κ1) is 21.4. The van der Waals surface area contributed by atoms with Gasteiger partial charge in [-0.1, -0.05) is 54.6 Å². The Kier molecular flexibility index (Phi) is 5.80. The Morgan fingerprint density at radius 3 is 1.52 bits per heavy atom. The van der Waals surface area contributed by atoms with Crippen LogP contribution in [0, 0.1) is 13.8 Å². The van der Waals surface area contributed by atoms with Crippen molar-refractivity contribution in [1.29, 1.82) is 0 Å². The van der Waals surface area contributed by atoms with Crippen molar-refractivity contribution >= 4 is 20.4 Å². The van der Waals surface area contributed by atoms with E-state index in [0.717, 1.165) is 0 Å². The van der Waals surface area contributed by atoms with Crippen LogP contribution in [0.3, 0.4) is 0 Å². The summed E-state index contributed by atoms with van der Waals surface area (Å²) in [5.41, 5.74) is -4.29. The Hall–Kier alpha value is -2.29. The van der Waals surface area contributed by atoms with Crippen molar-refractivity contribution in [1.82, 2.24) is 0 Å². The molecule has 0 unspecified atom stereocenters. The highest BCUT2D eigenvalue weighted by Crippen LogP contribution is 2.71. The van der Waals surface area contributed by atoms with Gasteiger partial charge in [-0.15, -0.1) is 0 Å². The monoisotopic (exact) mass is 440 g/mol. The molecule has 0 aliphatic heterocycles. The van der Waals surface area contributed by atoms with Crippen LogP contribution in [0.1, 0.15) is 11.1 Å². The Balaban J connectivity index is 2.47. The minimum absolute atomic E-state index is 0.358. The van der Waals surface area contributed by atoms with Gasteiger partial charge in [-0.05, 0) is 59.5 Å². The lowest BCUT2D eigenvalue weighted by Gasteiger charge is -2.41. The summed E-state index contributed by atoms with van der Waals surface area (Å²) in [5.74, 6) is 0. The first-order chi connectivity index (χ1) is 13.6. The van der Waals surface area contributed by atoms with Gasteiger partial charge in [-0.25, -0.2) is 0 Å². The van der Waals surface area contributed by atoms with Crippen molar-refractivity contribution < 1.29 is 25.2 Å². The largest absolute Gasteiger partial charge is 0.524 e. The number of hydrogen-bond donors (Lipinski definition) is 0. The molecular weight excluding hydrogens is 421 g/mol. The van der Waals surface area contributed by atoms with Gasteiger partial charge >= 0.3 is 15.6 Å². The molecule has 0 atom stereocenters. The maximum Gasteiger partial charge on any atom is 0.524 e. The quantitative estimate of drug-likeness (QED) is 0.433. The molecule has 0 heterocycles. The van der Waals surface area contributed by atoms with E-state index >= 15 is 0 Å². The molecule has 0 N–H and O–H groups in total. The maximum atomic E-state index is 13.4. The van der Waals surface area contributed by atoms with Crippen LogP contribution in [-0.2, 0) is 13.7 Å². The van der Waals surface area contributed by atoms with Gasteiger partial charge in [0.25, 0.3) is 0 Å². The van der Waals surface area contributed by atoms with Gasteiger partial charge in [0.2, 0.25) is 0 Å². The third-order valence-electron chi connectivity index (χ3n) is 4.36. The Labute approximate surface area is 169 Å². The normalized spacial score (nSPS) is 13.3. The predicted molar refractivity (Wildman–Crippen MR) is 107 cm³/mol. The molecule has 3 aromatic carbocycles. The summed E-state index contributed by atoms with van der Waals surface area (Å²) >= 11 is 0. The lowest BCUT2D eigenvalue weighted by molar-refractivity contribution is -0.0496. The number of hydrogen-bond acceptors (Lipinski definition) is 3. The van der Waals surface area contributed by atoms with Crippen LogP contribution in [0.15, 0.2) is 93.5 Å². The van der Waals surface area contributed by atoms with E-state index < -0.39 is 25.9 Å². The molecule has 0 amide bonds. The molecule has 3 rings (SSSR count). The minimum atomic E-state index is -5.90. The molecule has 0 saturated carbocycles. The number of rotatable bonds is 5. The second-order valence-corrected chi connectivity index (χ2v) is 10.7. The van der Waals surface area contributed by atoms with Crippen LogP contribution in [-0.4, -0.2) is 13.9 Å². The van der Waals surface area contributed by atoms with Crippen molar-refractivity contribution in [2.75, 3.05) is 0 Å². The van der Waals surface area contributed by atoms with Crippen molar-refractivity contribution in [3.05, 3.63) is 90.0 Å². The average molecular weight is 441 g/mol. The first-order valence-corrected chi connectivity index (χ1v) is 11.6. The van der Waals surface area contributed by atoms with Crippen molar-refractivity contribution in [3.63, 3.8) is 0 Å². The van der Waals surface area contributed by atoms with E-state index in [2.05, 4.69) is 0 Å². The zero-order chi connectivity index (χ0) is 21.3. The minimum Gasteiger partial charge on any atom is -0.200 e. The van der Waals surface area contributed by atoms with Crippen LogP contribution in [0.25, 0.3) is 0 Å². The van der Waals surface area contributed by atoms with Gasteiger partial charge in [0, 0.05) is 14.7 Å². The molecule has 3 nitrogen and oxygen atoms in total. The third-order valence-corrected chi connectivity index (χ3v) is 9.55. The van der Waals surface area contributed by atoms with Crippen molar-refractivity contribution in [3.8, 4) is 0 Å². The van der Waals surface area contributed by atoms with E-state index in [1.54, 1.807) is 92.7 Å². The summed E-state index contributed by atoms with van der Waals surface area (Å²) in [6, 6.07) is 21.7. The van der Waals surface area contributed by atoms with Gasteiger partial charge in [0.15, 0.2) is 0 Å². The summed E-state index contributed by atoms with van der Waals surface area (Å²) in [5, 5.41) is 0. The summed E-state index contributed by atoms with van der Waals surface area (Å²) in [6.07, 6.45) is 0. The van der Waals surface area contributed by atoms with Crippen LogP contribution >= 0.6 is 10.3 Å². The first-order valence-electron chi connectivity index (χ1n) is 8.62. The molecule has 29 heavy (non-hydrogen) atoms. The van der Waals surface area contributed by atoms with Crippen LogP contribution in [0.5, 0.6) is 0 Å². The zero-order valence-electron chi connectivity index (χ0n) is 15.7. The fourth-order valence-electron chi connectivity index (χ4n) is 3.03. The van der Waals surface area contributed by atoms with Crippen molar-refractivity contribution in [2.24, 2.45) is 0 Å². The molecule has 3 aromatic rings. The topological polar surface area (TPSA) is 43.4 Å². The number of aryl methyl sites for hydroxylation is 2. The van der Waals surface area contributed by atoms with E-state index in [4.69, 9.17) is 3.63 Å². The summed E-state index contributed by atoms with van der Waals surface area (Å²) in [7, 11) is -9.14. The standard InChI is InChI=1S/C21H19F3O3S2/c1-16-10-6-8-14-19(16)28(18-12-4-3-5-13-18,20-15-9-7-11-17(20)2)27-29(25,26)21(22,23)24/h3-15H,1-2H3. The Morgan fingerprint density at radius 1 is 0.690 bits per heavy atom. The average Bonchev–Trinajstić information content (AvgIpc) is 2.67. The number of alkyl halides is 3. The summed E-state index contributed by atoms with van der Waals surface area (Å²) < 4.78 is 70.0. The lowest BCUT2D eigenvalue weighted by atomic mass is 10.2. The third kappa shape index (κ3) is 3.92. The summed E-state index contributed by atoms with van der Waals surface area (Å²) in [4.78, 5) is 1.15. The molecule has 0 aromatic heterocycles. The lowest BCUT2D eigenvalue weighted by Crippen LogP contribution is -2.28. The van der Waals surface area contributed by atoms with Gasteiger partial charge in [-0.3, -0.25) is 0 Å². The smallest absolute Gasteiger partial charge is 0.200 e. The maximum absolute atomic E-state index is 13.4. The molecule has 0 aliphatic rings. The van der Waals surface area contributed by atoms with E-state index in [1.165, 1.54) is 0 Å². The van der Waals surface area contributed by atoms with E-state index in [1.807, 2.05) is 0 Å². The van der Waals surface area contributed by atoms with Crippen LogP contribution in [0.4, 0.5) is 13.2 Å². The molecular formula is C21H19F3O3S2. The fourth-order valence-corrected chi connectivity index (χ4v) is 8.18. The van der Waals surface area contributed by atoms with Gasteiger partial charge in [0.05, 0.1) is 0 Å². The van der Waals surface area contributed by atoms with E-state index in [-0.39, 0.29) is 0 Å². The molecule has 0 spiro atoms. The molecule has 0 aliphatic carbocycles. The molecule has 0 radical (unpaired) electrons. The molecule has 0 saturated heterocycles. The van der Waals surface area contributed by atoms with Gasteiger partial charge in [-0.2, -0.15) is 25.2 Å². The highest BCUT2D eigenvalue weighted by molar-refractivity contribution is 8.33. The second-order valence-electron chi connectivity index (χ2n) is 6.37. The highest BCUT2D eigenvalue weighted by atomic mass is 32.3. The second kappa shape index (κ2) is 7.85. The van der Waals surface area contributed by atoms with Gasteiger partial charge < -0.3 is 0 Å². The van der Waals surface area contributed by atoms with E-state index in [9.17, 15) is 21.6 Å². The molecule has 154 valence electrons. The van der Waals surface area contributed by atoms with Crippen LogP contribution in [0.2, 0.25) is 0 Å². The van der Waals surface area contributed by atoms with Gasteiger partial charge in [0.1, 0.15) is 0 Å². The number of halogens is 3. The molecule has 0 fully saturated rings. The van der Waals surface area contributed by atoms with Crippen LogP contribution < -0.4 is 0 Å². The highest BCUT2D eigenvalue weighted by Gasteiger charge is 2.52. The molecule has 0 bridgehead atoms. The summed E-state index contributed by atoms with van der Waals surface area (Å²) in [6.45, 7) is 3.45. The number of benzene rings is 3. The predicted octanol–water partition coefficient (Wildman–Crippen LogP) is 6.37. The van der Waals surface area contributed by atoms with E-state index in [0.29, 0.717) is 25.8 Å². The zero-order valence-corrected chi connectivity index (χ0v) is 17.3. The Morgan fingerprint density at radius 2 is 1.10 bits per heavy atom. The Bertz CT molecular complexity index is 1070. The SMILES string of the molecule is Cc1ccccc1S(OS(=O)(=O)C(F)(F)F)(c1ccccc1)c1ccccc1C.